The molecule has 0 unspecified atom stereocenters. The minimum absolute atomic E-state index is 0.136. The Bertz CT molecular complexity index is 1510. The Hall–Kier alpha value is -3.53. The monoisotopic (exact) mass is 531 g/mol. The number of hydrogen-bond donors (Lipinski definition) is 1. The molecule has 0 bridgehead atoms. The summed E-state index contributed by atoms with van der Waals surface area (Å²) in [5.74, 6) is -0.545. The van der Waals surface area contributed by atoms with Crippen LogP contribution in [-0.4, -0.2) is 34.2 Å². The van der Waals surface area contributed by atoms with E-state index in [1.54, 1.807) is 18.3 Å². The van der Waals surface area contributed by atoms with Gasteiger partial charge in [-0.1, -0.05) is 72.4 Å². The Balaban J connectivity index is 1.38. The molecule has 5 rings (SSSR count). The molecule has 0 fully saturated rings. The highest BCUT2D eigenvalue weighted by atomic mass is 32.2. The van der Waals surface area contributed by atoms with Gasteiger partial charge in [-0.3, -0.25) is 4.79 Å². The molecule has 2 aromatic carbocycles. The molecule has 180 valence electrons. The lowest BCUT2D eigenvalue weighted by Crippen LogP contribution is -2.16. The van der Waals surface area contributed by atoms with Gasteiger partial charge in [-0.15, -0.1) is 22.7 Å². The first-order valence-corrected chi connectivity index (χ1v) is 13.9. The number of hydrogen-bond acceptors (Lipinski definition) is 8. The van der Waals surface area contributed by atoms with Crippen molar-refractivity contribution < 1.29 is 14.3 Å². The molecule has 0 aliphatic heterocycles. The molecule has 0 aliphatic rings. The van der Waals surface area contributed by atoms with E-state index in [9.17, 15) is 9.59 Å². The van der Waals surface area contributed by atoms with Gasteiger partial charge in [-0.25, -0.2) is 14.8 Å². The van der Waals surface area contributed by atoms with Crippen LogP contribution < -0.4 is 5.32 Å². The van der Waals surface area contributed by atoms with E-state index in [1.165, 1.54) is 29.4 Å². The van der Waals surface area contributed by atoms with E-state index in [2.05, 4.69) is 20.7 Å². The van der Waals surface area contributed by atoms with Crippen LogP contribution in [0, 0.1) is 0 Å². The van der Waals surface area contributed by atoms with E-state index >= 15 is 0 Å². The number of aromatic nitrogens is 2. The summed E-state index contributed by atoms with van der Waals surface area (Å²) in [7, 11) is 0. The van der Waals surface area contributed by atoms with Gasteiger partial charge in [0.1, 0.15) is 26.7 Å². The first-order valence-electron chi connectivity index (χ1n) is 11.2. The van der Waals surface area contributed by atoms with Crippen LogP contribution in [0.1, 0.15) is 17.3 Å². The highest BCUT2D eigenvalue weighted by molar-refractivity contribution is 8.00. The van der Waals surface area contributed by atoms with Crippen LogP contribution in [0.25, 0.3) is 32.5 Å². The van der Waals surface area contributed by atoms with Gasteiger partial charge in [0, 0.05) is 21.9 Å². The van der Waals surface area contributed by atoms with Crippen LogP contribution in [0.5, 0.6) is 0 Å². The number of amides is 1. The van der Waals surface area contributed by atoms with Crippen molar-refractivity contribution in [1.29, 1.82) is 0 Å². The number of thiophene rings is 2. The summed E-state index contributed by atoms with van der Waals surface area (Å²) in [6, 6.07) is 19.7. The highest BCUT2D eigenvalue weighted by Gasteiger charge is 2.23. The number of anilines is 1. The second-order valence-electron chi connectivity index (χ2n) is 7.65. The lowest BCUT2D eigenvalue weighted by Gasteiger charge is -2.09. The molecular weight excluding hydrogens is 511 g/mol. The zero-order chi connectivity index (χ0) is 24.9. The molecular formula is C27H21N3O3S3. The van der Waals surface area contributed by atoms with Gasteiger partial charge in [0.05, 0.1) is 17.7 Å². The van der Waals surface area contributed by atoms with Crippen molar-refractivity contribution in [2.24, 2.45) is 0 Å². The predicted octanol–water partition coefficient (Wildman–Crippen LogP) is 6.99. The molecule has 6 nitrogen and oxygen atoms in total. The molecule has 3 aromatic heterocycles. The van der Waals surface area contributed by atoms with E-state index in [0.29, 0.717) is 10.6 Å². The Labute approximate surface area is 220 Å². The zero-order valence-electron chi connectivity index (χ0n) is 19.3. The van der Waals surface area contributed by atoms with Crippen molar-refractivity contribution in [3.8, 4) is 22.3 Å². The fourth-order valence-electron chi connectivity index (χ4n) is 3.77. The van der Waals surface area contributed by atoms with Gasteiger partial charge in [0.2, 0.25) is 5.91 Å². The van der Waals surface area contributed by atoms with Crippen LogP contribution >= 0.6 is 34.4 Å². The fourth-order valence-corrected chi connectivity index (χ4v) is 6.54. The van der Waals surface area contributed by atoms with Gasteiger partial charge in [-0.05, 0) is 18.1 Å². The molecule has 0 aliphatic carbocycles. The van der Waals surface area contributed by atoms with Gasteiger partial charge >= 0.3 is 5.97 Å². The Morgan fingerprint density at radius 3 is 2.28 bits per heavy atom. The third-order valence-corrected chi connectivity index (χ3v) is 8.14. The lowest BCUT2D eigenvalue weighted by molar-refractivity contribution is -0.113. The summed E-state index contributed by atoms with van der Waals surface area (Å²) in [5.41, 5.74) is 4.14. The summed E-state index contributed by atoms with van der Waals surface area (Å²) >= 11 is 4.22. The van der Waals surface area contributed by atoms with Crippen LogP contribution in [0.4, 0.5) is 5.00 Å². The second-order valence-corrected chi connectivity index (χ2v) is 10.4. The van der Waals surface area contributed by atoms with Gasteiger partial charge in [0.25, 0.3) is 0 Å². The predicted molar refractivity (Wildman–Crippen MR) is 148 cm³/mol. The first-order chi connectivity index (χ1) is 17.7. The SMILES string of the molecule is CCOC(=O)c1c(-c2ccccc2)csc1NC(=O)CSc1ncnc2scc(-c3ccccc3)c12. The fraction of sp³-hybridized carbons (Fsp3) is 0.111. The van der Waals surface area contributed by atoms with Crippen molar-refractivity contribution in [3.05, 3.63) is 83.3 Å². The molecule has 9 heteroatoms. The smallest absolute Gasteiger partial charge is 0.341 e. The number of fused-ring (bicyclic) bond motifs is 1. The molecule has 0 radical (unpaired) electrons. The van der Waals surface area contributed by atoms with Gasteiger partial charge < -0.3 is 10.1 Å². The van der Waals surface area contributed by atoms with E-state index in [0.717, 1.165) is 37.5 Å². The number of nitrogens with zero attached hydrogens (tertiary/aromatic N) is 2. The zero-order valence-corrected chi connectivity index (χ0v) is 21.7. The molecule has 0 spiro atoms. The maximum atomic E-state index is 13.0. The van der Waals surface area contributed by atoms with Crippen LogP contribution in [0.3, 0.4) is 0 Å². The quantitative estimate of drug-likeness (QED) is 0.132. The van der Waals surface area contributed by atoms with Gasteiger partial charge in [-0.2, -0.15) is 0 Å². The van der Waals surface area contributed by atoms with Gasteiger partial charge in [0.15, 0.2) is 0 Å². The van der Waals surface area contributed by atoms with E-state index in [1.807, 2.05) is 66.0 Å². The number of benzene rings is 2. The maximum absolute atomic E-state index is 13.0. The Morgan fingerprint density at radius 2 is 1.58 bits per heavy atom. The summed E-state index contributed by atoms with van der Waals surface area (Å²) in [6.07, 6.45) is 1.53. The molecule has 3 heterocycles. The normalized spacial score (nSPS) is 10.9. The number of ether oxygens (including phenoxy) is 1. The third kappa shape index (κ3) is 5.04. The number of nitrogens with one attached hydrogen (secondary N) is 1. The molecule has 1 amide bonds. The third-order valence-electron chi connectivity index (χ3n) is 5.37. The minimum Gasteiger partial charge on any atom is -0.462 e. The number of esters is 1. The molecule has 1 N–H and O–H groups in total. The van der Waals surface area contributed by atoms with E-state index in [4.69, 9.17) is 4.74 Å². The summed E-state index contributed by atoms with van der Waals surface area (Å²) in [4.78, 5) is 35.5. The van der Waals surface area contributed by atoms with Crippen molar-refractivity contribution >= 4 is 61.5 Å². The topological polar surface area (TPSA) is 81.2 Å². The summed E-state index contributed by atoms with van der Waals surface area (Å²) in [5, 5.41) is 9.03. The minimum atomic E-state index is -0.455. The Kier molecular flexibility index (Phi) is 7.41. The van der Waals surface area contributed by atoms with Crippen molar-refractivity contribution in [2.75, 3.05) is 17.7 Å². The summed E-state index contributed by atoms with van der Waals surface area (Å²) in [6.45, 7) is 2.01. The number of carbonyl (C=O) groups is 2. The molecule has 0 atom stereocenters. The van der Waals surface area contributed by atoms with Crippen molar-refractivity contribution in [3.63, 3.8) is 0 Å². The number of rotatable bonds is 8. The summed E-state index contributed by atoms with van der Waals surface area (Å²) < 4.78 is 5.29. The Morgan fingerprint density at radius 1 is 0.917 bits per heavy atom. The molecule has 36 heavy (non-hydrogen) atoms. The van der Waals surface area contributed by atoms with Crippen LogP contribution in [-0.2, 0) is 9.53 Å². The standard InChI is InChI=1S/C27H21N3O3S3/c1-2-33-27(32)23-20(18-11-7-4-8-12-18)14-35-26(23)30-21(31)15-36-25-22-19(17-9-5-3-6-10-17)13-34-24(22)28-16-29-25/h3-14,16H,2,15H2,1H3,(H,30,31). The lowest BCUT2D eigenvalue weighted by atomic mass is 10.0. The highest BCUT2D eigenvalue weighted by Crippen LogP contribution is 2.39. The van der Waals surface area contributed by atoms with Crippen molar-refractivity contribution in [2.45, 2.75) is 11.9 Å². The largest absolute Gasteiger partial charge is 0.462 e. The molecule has 0 saturated heterocycles. The number of thioether (sulfide) groups is 1. The maximum Gasteiger partial charge on any atom is 0.341 e. The van der Waals surface area contributed by atoms with Crippen LogP contribution in [0.2, 0.25) is 0 Å². The molecule has 0 saturated carbocycles. The van der Waals surface area contributed by atoms with E-state index in [-0.39, 0.29) is 18.3 Å². The first kappa shape index (κ1) is 24.2. The van der Waals surface area contributed by atoms with Crippen LogP contribution in [0.15, 0.2) is 82.8 Å². The average molecular weight is 532 g/mol. The number of carbonyl (C=O) groups excluding carboxylic acids is 2. The van der Waals surface area contributed by atoms with E-state index < -0.39 is 5.97 Å². The second kappa shape index (κ2) is 11.0. The van der Waals surface area contributed by atoms with Crippen molar-refractivity contribution in [1.82, 2.24) is 9.97 Å². The molecule has 5 aromatic rings. The average Bonchev–Trinajstić information content (AvgIpc) is 3.53.